The third-order valence-electron chi connectivity index (χ3n) is 5.39. The van der Waals surface area contributed by atoms with E-state index < -0.39 is 0 Å². The fraction of sp³-hybridized carbons (Fsp3) is 0.273. The van der Waals surface area contributed by atoms with Gasteiger partial charge in [0.05, 0.1) is 38.9 Å². The van der Waals surface area contributed by atoms with E-state index in [-0.39, 0.29) is 0 Å². The van der Waals surface area contributed by atoms with Gasteiger partial charge in [-0.1, -0.05) is 29.8 Å². The molecule has 0 unspecified atom stereocenters. The van der Waals surface area contributed by atoms with Gasteiger partial charge in [-0.3, -0.25) is 0 Å². The number of anilines is 1. The summed E-state index contributed by atoms with van der Waals surface area (Å²) in [7, 11) is 1.67. The van der Waals surface area contributed by atoms with Crippen LogP contribution < -0.4 is 14.5 Å². The summed E-state index contributed by atoms with van der Waals surface area (Å²) in [5.74, 6) is 1.18. The molecule has 1 aliphatic rings. The third-order valence-corrected chi connectivity index (χ3v) is 5.62. The van der Waals surface area contributed by atoms with E-state index in [2.05, 4.69) is 11.0 Å². The summed E-state index contributed by atoms with van der Waals surface area (Å²) in [6.45, 7) is 4.80. The van der Waals surface area contributed by atoms with Crippen LogP contribution in [0.15, 0.2) is 54.6 Å². The number of benzene rings is 3. The van der Waals surface area contributed by atoms with Gasteiger partial charge in [-0.15, -0.1) is 0 Å². The smallest absolute Gasteiger partial charge is 0.125 e. The van der Waals surface area contributed by atoms with Crippen molar-refractivity contribution in [3.63, 3.8) is 0 Å². The SMILES string of the molecule is COc1ccc2ccc(O)c(C[NH+]3CCN(c4cccc(Cl)c4)CC3)c2c1. The number of aromatic hydroxyl groups is 1. The molecule has 1 saturated heterocycles. The number of ether oxygens (including phenoxy) is 1. The fourth-order valence-corrected chi connectivity index (χ4v) is 4.03. The van der Waals surface area contributed by atoms with Crippen LogP contribution in [-0.2, 0) is 6.54 Å². The van der Waals surface area contributed by atoms with E-state index >= 15 is 0 Å². The van der Waals surface area contributed by atoms with E-state index in [4.69, 9.17) is 16.3 Å². The molecule has 3 aromatic rings. The van der Waals surface area contributed by atoms with Gasteiger partial charge in [0.2, 0.25) is 0 Å². The molecule has 0 aliphatic carbocycles. The summed E-state index contributed by atoms with van der Waals surface area (Å²) < 4.78 is 5.37. The lowest BCUT2D eigenvalue weighted by Crippen LogP contribution is -3.13. The third kappa shape index (κ3) is 3.82. The van der Waals surface area contributed by atoms with Gasteiger partial charge in [-0.05, 0) is 47.2 Å². The van der Waals surface area contributed by atoms with Gasteiger partial charge in [0.1, 0.15) is 18.0 Å². The van der Waals surface area contributed by atoms with Crippen molar-refractivity contribution >= 4 is 28.1 Å². The summed E-state index contributed by atoms with van der Waals surface area (Å²) in [6, 6.07) is 17.8. The highest BCUT2D eigenvalue weighted by Crippen LogP contribution is 2.29. The molecule has 1 fully saturated rings. The lowest BCUT2D eigenvalue weighted by molar-refractivity contribution is -0.914. The molecule has 5 heteroatoms. The highest BCUT2D eigenvalue weighted by atomic mass is 35.5. The standard InChI is InChI=1S/C22H23ClN2O2/c1-27-19-7-5-16-6-8-22(26)21(20(16)14-19)15-24-9-11-25(12-10-24)18-4-2-3-17(23)13-18/h2-8,13-14,26H,9-12,15H2,1H3/p+1. The van der Waals surface area contributed by atoms with E-state index in [0.717, 1.165) is 59.8 Å². The van der Waals surface area contributed by atoms with Crippen LogP contribution in [0.1, 0.15) is 5.56 Å². The highest BCUT2D eigenvalue weighted by molar-refractivity contribution is 6.30. The number of phenols is 1. The molecule has 1 heterocycles. The van der Waals surface area contributed by atoms with Crippen molar-refractivity contribution in [2.24, 2.45) is 0 Å². The molecule has 0 amide bonds. The van der Waals surface area contributed by atoms with E-state index in [0.29, 0.717) is 5.75 Å². The molecule has 0 saturated carbocycles. The molecular formula is C22H24ClN2O2+. The molecule has 1 aliphatic heterocycles. The summed E-state index contributed by atoms with van der Waals surface area (Å²) in [6.07, 6.45) is 0. The summed E-state index contributed by atoms with van der Waals surface area (Å²) >= 11 is 6.13. The zero-order valence-electron chi connectivity index (χ0n) is 15.4. The predicted molar refractivity (Wildman–Crippen MR) is 110 cm³/mol. The number of nitrogens with one attached hydrogen (secondary N) is 1. The molecule has 27 heavy (non-hydrogen) atoms. The van der Waals surface area contributed by atoms with Crippen LogP contribution in [0, 0.1) is 0 Å². The predicted octanol–water partition coefficient (Wildman–Crippen LogP) is 3.11. The Bertz CT molecular complexity index is 952. The van der Waals surface area contributed by atoms with Crippen molar-refractivity contribution in [2.75, 3.05) is 38.2 Å². The Labute approximate surface area is 164 Å². The minimum absolute atomic E-state index is 0.362. The van der Waals surface area contributed by atoms with Crippen molar-refractivity contribution in [1.29, 1.82) is 0 Å². The van der Waals surface area contributed by atoms with Gasteiger partial charge < -0.3 is 19.6 Å². The molecule has 140 valence electrons. The molecule has 0 atom stereocenters. The first-order valence-corrected chi connectivity index (χ1v) is 9.64. The van der Waals surface area contributed by atoms with Gasteiger partial charge in [-0.2, -0.15) is 0 Å². The average molecular weight is 384 g/mol. The van der Waals surface area contributed by atoms with Gasteiger partial charge in [0.15, 0.2) is 0 Å². The van der Waals surface area contributed by atoms with Crippen LogP contribution in [0.2, 0.25) is 5.02 Å². The van der Waals surface area contributed by atoms with Crippen LogP contribution in [0.3, 0.4) is 0 Å². The second-order valence-electron chi connectivity index (χ2n) is 7.04. The first-order valence-electron chi connectivity index (χ1n) is 9.27. The second-order valence-corrected chi connectivity index (χ2v) is 7.48. The number of fused-ring (bicyclic) bond motifs is 1. The normalized spacial score (nSPS) is 15.3. The lowest BCUT2D eigenvalue weighted by atomic mass is 10.0. The van der Waals surface area contributed by atoms with Crippen LogP contribution in [-0.4, -0.2) is 38.4 Å². The summed E-state index contributed by atoms with van der Waals surface area (Å²) in [4.78, 5) is 3.85. The first-order chi connectivity index (χ1) is 13.1. The summed E-state index contributed by atoms with van der Waals surface area (Å²) in [5.41, 5.74) is 2.18. The molecule has 3 aromatic carbocycles. The number of hydrogen-bond acceptors (Lipinski definition) is 3. The Balaban J connectivity index is 1.51. The lowest BCUT2D eigenvalue weighted by Gasteiger charge is -2.34. The van der Waals surface area contributed by atoms with Crippen LogP contribution in [0.5, 0.6) is 11.5 Å². The maximum absolute atomic E-state index is 10.5. The van der Waals surface area contributed by atoms with Crippen molar-refractivity contribution in [2.45, 2.75) is 6.54 Å². The quantitative estimate of drug-likeness (QED) is 0.727. The van der Waals surface area contributed by atoms with Crippen molar-refractivity contribution in [3.05, 3.63) is 65.2 Å². The zero-order valence-corrected chi connectivity index (χ0v) is 16.2. The van der Waals surface area contributed by atoms with Crippen LogP contribution >= 0.6 is 11.6 Å². The van der Waals surface area contributed by atoms with E-state index in [1.807, 2.05) is 42.5 Å². The number of hydrogen-bond donors (Lipinski definition) is 2. The number of rotatable bonds is 4. The molecule has 0 aromatic heterocycles. The molecule has 4 nitrogen and oxygen atoms in total. The van der Waals surface area contributed by atoms with Gasteiger partial charge >= 0.3 is 0 Å². The Morgan fingerprint density at radius 3 is 2.59 bits per heavy atom. The van der Waals surface area contributed by atoms with Gasteiger partial charge in [0, 0.05) is 10.7 Å². The van der Waals surface area contributed by atoms with Crippen LogP contribution in [0.25, 0.3) is 10.8 Å². The van der Waals surface area contributed by atoms with E-state index in [1.54, 1.807) is 13.2 Å². The molecule has 0 spiro atoms. The number of phenolic OH excluding ortho intramolecular Hbond substituents is 1. The maximum Gasteiger partial charge on any atom is 0.125 e. The van der Waals surface area contributed by atoms with E-state index in [1.165, 1.54) is 10.6 Å². The molecule has 2 N–H and O–H groups in total. The first kappa shape index (κ1) is 18.0. The number of quaternary nitrogens is 1. The van der Waals surface area contributed by atoms with Crippen molar-refractivity contribution in [1.82, 2.24) is 0 Å². The van der Waals surface area contributed by atoms with Crippen LogP contribution in [0.4, 0.5) is 5.69 Å². The number of piperazine rings is 1. The topological polar surface area (TPSA) is 37.1 Å². The molecule has 4 rings (SSSR count). The van der Waals surface area contributed by atoms with Crippen molar-refractivity contribution < 1.29 is 14.7 Å². The monoisotopic (exact) mass is 383 g/mol. The summed E-state index contributed by atoms with van der Waals surface area (Å²) in [5, 5.41) is 13.5. The van der Waals surface area contributed by atoms with E-state index in [9.17, 15) is 5.11 Å². The minimum Gasteiger partial charge on any atom is -0.507 e. The Kier molecular flexibility index (Phi) is 5.10. The molecular weight excluding hydrogens is 360 g/mol. The highest BCUT2D eigenvalue weighted by Gasteiger charge is 2.22. The molecule has 0 radical (unpaired) electrons. The number of methoxy groups -OCH3 is 1. The minimum atomic E-state index is 0.362. The zero-order chi connectivity index (χ0) is 18.8. The Hall–Kier alpha value is -2.43. The number of halogens is 1. The molecule has 0 bridgehead atoms. The fourth-order valence-electron chi connectivity index (χ4n) is 3.84. The number of nitrogens with zero attached hydrogens (tertiary/aromatic N) is 1. The Morgan fingerprint density at radius 2 is 1.85 bits per heavy atom. The van der Waals surface area contributed by atoms with Gasteiger partial charge in [0.25, 0.3) is 0 Å². The Morgan fingerprint density at radius 1 is 1.07 bits per heavy atom. The van der Waals surface area contributed by atoms with Crippen molar-refractivity contribution in [3.8, 4) is 11.5 Å². The maximum atomic E-state index is 10.5. The average Bonchev–Trinajstić information content (AvgIpc) is 2.70. The second kappa shape index (κ2) is 7.67. The van der Waals surface area contributed by atoms with Gasteiger partial charge in [-0.25, -0.2) is 0 Å². The largest absolute Gasteiger partial charge is 0.507 e.